The first-order valence-corrected chi connectivity index (χ1v) is 5.73. The lowest BCUT2D eigenvalue weighted by molar-refractivity contribution is 0.0996. The molecular weight excluding hydrogens is 238 g/mol. The van der Waals surface area contributed by atoms with Gasteiger partial charge >= 0.3 is 0 Å². The lowest BCUT2D eigenvalue weighted by Crippen LogP contribution is -2.11. The average molecular weight is 249 g/mol. The summed E-state index contributed by atoms with van der Waals surface area (Å²) < 4.78 is 5.05. The molecule has 2 rings (SSSR count). The summed E-state index contributed by atoms with van der Waals surface area (Å²) in [4.78, 5) is 14.9. The van der Waals surface area contributed by atoms with Crippen LogP contribution in [0.2, 0.25) is 0 Å². The molecule has 1 aromatic heterocycles. The van der Waals surface area contributed by atoms with Crippen molar-refractivity contribution in [3.63, 3.8) is 0 Å². The summed E-state index contributed by atoms with van der Waals surface area (Å²) in [5.74, 6) is 0.261. The minimum atomic E-state index is -0.524. The Balaban J connectivity index is 2.11. The Morgan fingerprint density at radius 3 is 2.65 bits per heavy atom. The summed E-state index contributed by atoms with van der Waals surface area (Å²) in [7, 11) is 1.61. The number of nitrogens with zero attached hydrogens (tertiary/aromatic N) is 1. The number of anilines is 2. The van der Waals surface area contributed by atoms with E-state index in [0.29, 0.717) is 5.13 Å². The van der Waals surface area contributed by atoms with Crippen LogP contribution in [-0.2, 0) is 0 Å². The molecule has 0 fully saturated rings. The molecular formula is C11H11N3O2S. The van der Waals surface area contributed by atoms with Gasteiger partial charge in [0.25, 0.3) is 5.91 Å². The molecule has 0 saturated carbocycles. The molecule has 1 amide bonds. The summed E-state index contributed by atoms with van der Waals surface area (Å²) in [6.07, 6.45) is 0. The Labute approximate surface area is 102 Å². The zero-order chi connectivity index (χ0) is 12.3. The largest absolute Gasteiger partial charge is 0.497 e. The lowest BCUT2D eigenvalue weighted by atomic mass is 10.3. The number of ether oxygens (including phenoxy) is 1. The summed E-state index contributed by atoms with van der Waals surface area (Å²) in [6.45, 7) is 0. The number of carbonyl (C=O) groups is 1. The van der Waals surface area contributed by atoms with Crippen LogP contribution in [-0.4, -0.2) is 18.0 Å². The Kier molecular flexibility index (Phi) is 3.24. The monoisotopic (exact) mass is 249 g/mol. The van der Waals surface area contributed by atoms with Gasteiger partial charge in [-0.25, -0.2) is 4.98 Å². The van der Waals surface area contributed by atoms with E-state index in [-0.39, 0.29) is 5.69 Å². The van der Waals surface area contributed by atoms with Gasteiger partial charge in [-0.15, -0.1) is 11.3 Å². The molecule has 1 heterocycles. The molecule has 0 aliphatic carbocycles. The van der Waals surface area contributed by atoms with Gasteiger partial charge in [-0.1, -0.05) is 0 Å². The summed E-state index contributed by atoms with van der Waals surface area (Å²) >= 11 is 1.33. The predicted octanol–water partition coefficient (Wildman–Crippen LogP) is 1.99. The van der Waals surface area contributed by atoms with Crippen molar-refractivity contribution in [3.8, 4) is 5.75 Å². The first kappa shape index (κ1) is 11.4. The fourth-order valence-electron chi connectivity index (χ4n) is 1.24. The molecule has 0 bridgehead atoms. The lowest BCUT2D eigenvalue weighted by Gasteiger charge is -2.03. The molecule has 0 aliphatic heterocycles. The third-order valence-electron chi connectivity index (χ3n) is 2.10. The highest BCUT2D eigenvalue weighted by atomic mass is 32.1. The third-order valence-corrected chi connectivity index (χ3v) is 2.86. The van der Waals surface area contributed by atoms with Crippen LogP contribution in [0.1, 0.15) is 10.5 Å². The van der Waals surface area contributed by atoms with Crippen LogP contribution in [0.25, 0.3) is 0 Å². The highest BCUT2D eigenvalue weighted by Crippen LogP contribution is 2.22. The topological polar surface area (TPSA) is 77.2 Å². The number of benzene rings is 1. The van der Waals surface area contributed by atoms with E-state index < -0.39 is 5.91 Å². The Bertz CT molecular complexity index is 522. The average Bonchev–Trinajstić information content (AvgIpc) is 2.79. The van der Waals surface area contributed by atoms with E-state index in [9.17, 15) is 4.79 Å². The number of hydrogen-bond donors (Lipinski definition) is 2. The number of aromatic nitrogens is 1. The van der Waals surface area contributed by atoms with Gasteiger partial charge in [0.05, 0.1) is 7.11 Å². The number of nitrogens with one attached hydrogen (secondary N) is 1. The van der Waals surface area contributed by atoms with Gasteiger partial charge in [0.2, 0.25) is 0 Å². The number of amides is 1. The van der Waals surface area contributed by atoms with Crippen LogP contribution in [0.15, 0.2) is 29.6 Å². The van der Waals surface area contributed by atoms with Gasteiger partial charge in [0.1, 0.15) is 11.4 Å². The molecule has 6 heteroatoms. The van der Waals surface area contributed by atoms with E-state index in [1.54, 1.807) is 12.5 Å². The molecule has 0 radical (unpaired) electrons. The highest BCUT2D eigenvalue weighted by Gasteiger charge is 2.06. The Morgan fingerprint density at radius 1 is 1.41 bits per heavy atom. The van der Waals surface area contributed by atoms with Crippen molar-refractivity contribution < 1.29 is 9.53 Å². The van der Waals surface area contributed by atoms with Crippen molar-refractivity contribution in [2.45, 2.75) is 0 Å². The van der Waals surface area contributed by atoms with E-state index in [1.165, 1.54) is 11.3 Å². The zero-order valence-electron chi connectivity index (χ0n) is 9.14. The van der Waals surface area contributed by atoms with Crippen LogP contribution in [0.3, 0.4) is 0 Å². The van der Waals surface area contributed by atoms with Gasteiger partial charge < -0.3 is 15.8 Å². The minimum absolute atomic E-state index is 0.269. The first-order chi connectivity index (χ1) is 8.19. The van der Waals surface area contributed by atoms with Gasteiger partial charge in [-0.2, -0.15) is 0 Å². The zero-order valence-corrected chi connectivity index (χ0v) is 9.95. The Morgan fingerprint density at radius 2 is 2.12 bits per heavy atom. The molecule has 0 spiro atoms. The predicted molar refractivity (Wildman–Crippen MR) is 66.9 cm³/mol. The van der Waals surface area contributed by atoms with Crippen molar-refractivity contribution in [1.29, 1.82) is 0 Å². The molecule has 3 N–H and O–H groups in total. The van der Waals surface area contributed by atoms with Crippen LogP contribution in [0.4, 0.5) is 10.8 Å². The fraction of sp³-hybridized carbons (Fsp3) is 0.0909. The van der Waals surface area contributed by atoms with E-state index in [0.717, 1.165) is 11.4 Å². The number of rotatable bonds is 4. The molecule has 88 valence electrons. The van der Waals surface area contributed by atoms with Gasteiger partial charge in [0, 0.05) is 11.1 Å². The van der Waals surface area contributed by atoms with E-state index in [1.807, 2.05) is 24.3 Å². The third kappa shape index (κ3) is 2.73. The first-order valence-electron chi connectivity index (χ1n) is 4.85. The molecule has 0 atom stereocenters. The highest BCUT2D eigenvalue weighted by molar-refractivity contribution is 7.14. The number of carbonyl (C=O) groups excluding carboxylic acids is 1. The molecule has 17 heavy (non-hydrogen) atoms. The van der Waals surface area contributed by atoms with Crippen LogP contribution in [0, 0.1) is 0 Å². The second-order valence-electron chi connectivity index (χ2n) is 3.26. The summed E-state index contributed by atoms with van der Waals surface area (Å²) in [6, 6.07) is 7.41. The summed E-state index contributed by atoms with van der Waals surface area (Å²) in [5.41, 5.74) is 6.26. The maximum Gasteiger partial charge on any atom is 0.268 e. The smallest absolute Gasteiger partial charge is 0.268 e. The van der Waals surface area contributed by atoms with Crippen LogP contribution >= 0.6 is 11.3 Å². The van der Waals surface area contributed by atoms with Gasteiger partial charge in [-0.05, 0) is 24.3 Å². The van der Waals surface area contributed by atoms with Crippen molar-refractivity contribution in [2.75, 3.05) is 12.4 Å². The minimum Gasteiger partial charge on any atom is -0.497 e. The SMILES string of the molecule is COc1ccc(Nc2nc(C(N)=O)cs2)cc1. The number of thiazole rings is 1. The van der Waals surface area contributed by atoms with Crippen molar-refractivity contribution in [2.24, 2.45) is 5.73 Å². The maximum atomic E-state index is 10.9. The molecule has 0 saturated heterocycles. The maximum absolute atomic E-state index is 10.9. The molecule has 1 aromatic carbocycles. The normalized spacial score (nSPS) is 9.94. The number of nitrogens with two attached hydrogens (primary N) is 1. The molecule has 5 nitrogen and oxygen atoms in total. The molecule has 0 unspecified atom stereocenters. The van der Waals surface area contributed by atoms with Crippen molar-refractivity contribution >= 4 is 28.1 Å². The standard InChI is InChI=1S/C11H11N3O2S/c1-16-8-4-2-7(3-5-8)13-11-14-9(6-17-11)10(12)15/h2-6H,1H3,(H2,12,15)(H,13,14). The number of hydrogen-bond acceptors (Lipinski definition) is 5. The Hall–Kier alpha value is -2.08. The summed E-state index contributed by atoms with van der Waals surface area (Å²) in [5, 5.41) is 5.32. The van der Waals surface area contributed by atoms with Crippen molar-refractivity contribution in [3.05, 3.63) is 35.3 Å². The number of primary amides is 1. The van der Waals surface area contributed by atoms with E-state index in [2.05, 4.69) is 10.3 Å². The second kappa shape index (κ2) is 4.84. The second-order valence-corrected chi connectivity index (χ2v) is 4.11. The van der Waals surface area contributed by atoms with Gasteiger partial charge in [0.15, 0.2) is 5.13 Å². The molecule has 0 aliphatic rings. The van der Waals surface area contributed by atoms with E-state index in [4.69, 9.17) is 10.5 Å². The fourth-order valence-corrected chi connectivity index (χ4v) is 1.96. The molecule has 2 aromatic rings. The van der Waals surface area contributed by atoms with Crippen LogP contribution < -0.4 is 15.8 Å². The van der Waals surface area contributed by atoms with Gasteiger partial charge in [-0.3, -0.25) is 4.79 Å². The quantitative estimate of drug-likeness (QED) is 0.868. The van der Waals surface area contributed by atoms with Crippen molar-refractivity contribution in [1.82, 2.24) is 4.98 Å². The van der Waals surface area contributed by atoms with E-state index >= 15 is 0 Å². The number of methoxy groups -OCH3 is 1. The van der Waals surface area contributed by atoms with Crippen LogP contribution in [0.5, 0.6) is 5.75 Å².